The Kier molecular flexibility index (Phi) is 5.08. The van der Waals surface area contributed by atoms with Gasteiger partial charge in [0, 0.05) is 6.54 Å². The van der Waals surface area contributed by atoms with E-state index in [1.807, 2.05) is 91.0 Å². The van der Waals surface area contributed by atoms with Crippen LogP contribution in [0.1, 0.15) is 35.6 Å². The van der Waals surface area contributed by atoms with Gasteiger partial charge in [-0.05, 0) is 35.4 Å². The molecule has 1 aliphatic rings. The molecule has 1 fully saturated rings. The van der Waals surface area contributed by atoms with Crippen LogP contribution in [-0.4, -0.2) is 15.4 Å². The molecule has 0 saturated heterocycles. The lowest BCUT2D eigenvalue weighted by Gasteiger charge is -2.41. The first kappa shape index (κ1) is 17.9. The van der Waals surface area contributed by atoms with Crippen LogP contribution in [0.2, 0.25) is 0 Å². The van der Waals surface area contributed by atoms with E-state index < -0.39 is 11.6 Å². The van der Waals surface area contributed by atoms with E-state index in [4.69, 9.17) is 0 Å². The lowest BCUT2D eigenvalue weighted by atomic mass is 9.78. The fourth-order valence-corrected chi connectivity index (χ4v) is 4.00. The largest absolute Gasteiger partial charge is 0.383 e. The molecule has 3 nitrogen and oxygen atoms in total. The van der Waals surface area contributed by atoms with Crippen molar-refractivity contribution in [3.05, 3.63) is 108 Å². The Balaban J connectivity index is 1.77. The Labute approximate surface area is 160 Å². The lowest BCUT2D eigenvalue weighted by Crippen LogP contribution is -2.44. The molecule has 3 aromatic rings. The van der Waals surface area contributed by atoms with Gasteiger partial charge >= 0.3 is 0 Å². The average Bonchev–Trinajstić information content (AvgIpc) is 3.56. The van der Waals surface area contributed by atoms with Gasteiger partial charge in [-0.1, -0.05) is 91.0 Å². The van der Waals surface area contributed by atoms with Gasteiger partial charge in [0.05, 0.1) is 6.04 Å². The molecule has 2 unspecified atom stereocenters. The van der Waals surface area contributed by atoms with E-state index in [2.05, 4.69) is 0 Å². The SMILES string of the molecule is ON(Cc1ccccc1)C(c1ccccc1)C(O)(c1ccccc1)C1CC1. The molecule has 138 valence electrons. The van der Waals surface area contributed by atoms with E-state index in [1.165, 1.54) is 5.06 Å². The van der Waals surface area contributed by atoms with Crippen molar-refractivity contribution in [2.24, 2.45) is 5.92 Å². The maximum Gasteiger partial charge on any atom is 0.114 e. The number of hydroxylamine groups is 2. The van der Waals surface area contributed by atoms with Crippen LogP contribution in [0, 0.1) is 5.92 Å². The minimum Gasteiger partial charge on any atom is -0.383 e. The van der Waals surface area contributed by atoms with Gasteiger partial charge in [0.1, 0.15) is 5.60 Å². The third-order valence-electron chi connectivity index (χ3n) is 5.45. The Morgan fingerprint density at radius 2 is 1.33 bits per heavy atom. The highest BCUT2D eigenvalue weighted by Gasteiger charge is 2.52. The van der Waals surface area contributed by atoms with Gasteiger partial charge in [-0.15, -0.1) is 0 Å². The zero-order valence-corrected chi connectivity index (χ0v) is 15.3. The third kappa shape index (κ3) is 3.67. The van der Waals surface area contributed by atoms with Gasteiger partial charge in [-0.2, -0.15) is 5.06 Å². The van der Waals surface area contributed by atoms with E-state index in [0.29, 0.717) is 6.54 Å². The molecule has 0 aliphatic heterocycles. The van der Waals surface area contributed by atoms with Crippen molar-refractivity contribution in [1.29, 1.82) is 0 Å². The monoisotopic (exact) mass is 359 g/mol. The summed E-state index contributed by atoms with van der Waals surface area (Å²) >= 11 is 0. The molecule has 0 heterocycles. The van der Waals surface area contributed by atoms with Gasteiger partial charge in [0.15, 0.2) is 0 Å². The minimum atomic E-state index is -1.15. The second-order valence-electron chi connectivity index (χ2n) is 7.36. The van der Waals surface area contributed by atoms with Crippen LogP contribution >= 0.6 is 0 Å². The van der Waals surface area contributed by atoms with Gasteiger partial charge < -0.3 is 10.3 Å². The van der Waals surface area contributed by atoms with Crippen molar-refractivity contribution in [2.45, 2.75) is 31.0 Å². The third-order valence-corrected chi connectivity index (χ3v) is 5.45. The minimum absolute atomic E-state index is 0.135. The molecule has 0 spiro atoms. The Morgan fingerprint density at radius 1 is 0.815 bits per heavy atom. The van der Waals surface area contributed by atoms with Crippen LogP contribution in [-0.2, 0) is 12.1 Å². The molecule has 0 aromatic heterocycles. The maximum atomic E-state index is 12.0. The summed E-state index contributed by atoms with van der Waals surface area (Å²) in [5.41, 5.74) is 1.63. The number of hydrogen-bond acceptors (Lipinski definition) is 3. The van der Waals surface area contributed by atoms with Crippen LogP contribution in [0.3, 0.4) is 0 Å². The van der Waals surface area contributed by atoms with E-state index in [-0.39, 0.29) is 5.92 Å². The summed E-state index contributed by atoms with van der Waals surface area (Å²) in [6.07, 6.45) is 1.93. The van der Waals surface area contributed by atoms with Crippen molar-refractivity contribution >= 4 is 0 Å². The van der Waals surface area contributed by atoms with Crippen LogP contribution in [0.4, 0.5) is 0 Å². The molecule has 0 radical (unpaired) electrons. The summed E-state index contributed by atoms with van der Waals surface area (Å²) in [6.45, 7) is 0.349. The van der Waals surface area contributed by atoms with Crippen LogP contribution in [0.15, 0.2) is 91.0 Å². The van der Waals surface area contributed by atoms with E-state index in [1.54, 1.807) is 0 Å². The van der Waals surface area contributed by atoms with Crippen molar-refractivity contribution in [2.75, 3.05) is 0 Å². The molecule has 2 N–H and O–H groups in total. The summed E-state index contributed by atoms with van der Waals surface area (Å²) in [6, 6.07) is 28.9. The van der Waals surface area contributed by atoms with Crippen LogP contribution in [0.5, 0.6) is 0 Å². The summed E-state index contributed by atoms with van der Waals surface area (Å²) in [5, 5.41) is 24.4. The first-order valence-electron chi connectivity index (χ1n) is 9.52. The molecular weight excluding hydrogens is 334 g/mol. The summed E-state index contributed by atoms with van der Waals surface area (Å²) in [5.74, 6) is 0.135. The van der Waals surface area contributed by atoms with Crippen molar-refractivity contribution < 1.29 is 10.3 Å². The molecule has 1 aliphatic carbocycles. The fourth-order valence-electron chi connectivity index (χ4n) is 4.00. The Morgan fingerprint density at radius 3 is 1.89 bits per heavy atom. The second kappa shape index (κ2) is 7.65. The molecular formula is C24H25NO2. The number of rotatable bonds is 7. The predicted molar refractivity (Wildman–Crippen MR) is 106 cm³/mol. The molecule has 4 rings (SSSR count). The quantitative estimate of drug-likeness (QED) is 0.589. The highest BCUT2D eigenvalue weighted by atomic mass is 16.5. The summed E-state index contributed by atoms with van der Waals surface area (Å²) in [4.78, 5) is 0. The first-order chi connectivity index (χ1) is 13.2. The van der Waals surface area contributed by atoms with Crippen LogP contribution in [0.25, 0.3) is 0 Å². The average molecular weight is 359 g/mol. The molecule has 0 amide bonds. The highest BCUT2D eigenvalue weighted by molar-refractivity contribution is 5.33. The Hall–Kier alpha value is -2.46. The molecule has 1 saturated carbocycles. The molecule has 0 bridgehead atoms. The molecule has 3 heteroatoms. The number of benzene rings is 3. The van der Waals surface area contributed by atoms with Crippen molar-refractivity contribution in [3.63, 3.8) is 0 Å². The fraction of sp³-hybridized carbons (Fsp3) is 0.250. The van der Waals surface area contributed by atoms with Gasteiger partial charge in [-0.3, -0.25) is 0 Å². The number of nitrogens with zero attached hydrogens (tertiary/aromatic N) is 1. The van der Waals surface area contributed by atoms with Crippen molar-refractivity contribution in [1.82, 2.24) is 5.06 Å². The van der Waals surface area contributed by atoms with Gasteiger partial charge in [-0.25, -0.2) is 0 Å². The maximum absolute atomic E-state index is 12.0. The molecule has 3 aromatic carbocycles. The smallest absolute Gasteiger partial charge is 0.114 e. The summed E-state index contributed by atoms with van der Waals surface area (Å²) in [7, 11) is 0. The lowest BCUT2D eigenvalue weighted by molar-refractivity contribution is -0.205. The predicted octanol–water partition coefficient (Wildman–Crippen LogP) is 4.92. The topological polar surface area (TPSA) is 43.7 Å². The molecule has 2 atom stereocenters. The highest BCUT2D eigenvalue weighted by Crippen LogP contribution is 2.54. The van der Waals surface area contributed by atoms with Crippen molar-refractivity contribution in [3.8, 4) is 0 Å². The zero-order valence-electron chi connectivity index (χ0n) is 15.3. The molecule has 27 heavy (non-hydrogen) atoms. The van der Waals surface area contributed by atoms with Gasteiger partial charge in [0.25, 0.3) is 0 Å². The number of hydrogen-bond donors (Lipinski definition) is 2. The number of aliphatic hydroxyl groups is 1. The standard InChI is InChI=1S/C24H25NO2/c26-24(22-16-17-22,21-14-8-3-9-15-21)23(20-12-6-2-7-13-20)25(27)18-19-10-4-1-5-11-19/h1-15,22-23,26-27H,16-18H2. The van der Waals surface area contributed by atoms with E-state index in [0.717, 1.165) is 29.5 Å². The normalized spacial score (nSPS) is 17.4. The summed E-state index contributed by atoms with van der Waals surface area (Å²) < 4.78 is 0. The second-order valence-corrected chi connectivity index (χ2v) is 7.36. The van der Waals surface area contributed by atoms with E-state index >= 15 is 0 Å². The Bertz CT molecular complexity index is 849. The van der Waals surface area contributed by atoms with Gasteiger partial charge in [0.2, 0.25) is 0 Å². The van der Waals surface area contributed by atoms with E-state index in [9.17, 15) is 10.3 Å². The zero-order chi connectivity index (χ0) is 18.7. The van der Waals surface area contributed by atoms with Crippen LogP contribution < -0.4 is 0 Å². The first-order valence-corrected chi connectivity index (χ1v) is 9.52.